The van der Waals surface area contributed by atoms with E-state index in [1.54, 1.807) is 12.1 Å². The Morgan fingerprint density at radius 2 is 2.26 bits per heavy atom. The third-order valence-corrected chi connectivity index (χ3v) is 3.36. The van der Waals surface area contributed by atoms with E-state index in [2.05, 4.69) is 5.32 Å². The van der Waals surface area contributed by atoms with E-state index >= 15 is 0 Å². The van der Waals surface area contributed by atoms with Gasteiger partial charge in [0.25, 0.3) is 0 Å². The van der Waals surface area contributed by atoms with Crippen LogP contribution in [0.15, 0.2) is 18.2 Å². The van der Waals surface area contributed by atoms with Crippen LogP contribution in [0.4, 0.5) is 5.69 Å². The van der Waals surface area contributed by atoms with Crippen molar-refractivity contribution in [2.24, 2.45) is 5.92 Å². The molecule has 1 aliphatic rings. The number of rotatable bonds is 8. The Balaban J connectivity index is 1.67. The van der Waals surface area contributed by atoms with Crippen molar-refractivity contribution in [2.75, 3.05) is 25.1 Å². The minimum Gasteiger partial charge on any atom is -0.478 e. The van der Waals surface area contributed by atoms with Crippen molar-refractivity contribution in [2.45, 2.75) is 19.3 Å². The summed E-state index contributed by atoms with van der Waals surface area (Å²) in [5, 5.41) is 12.3. The maximum atomic E-state index is 10.8. The number of benzene rings is 1. The lowest BCUT2D eigenvalue weighted by molar-refractivity contribution is 0.0697. The van der Waals surface area contributed by atoms with Gasteiger partial charge in [-0.2, -0.15) is 0 Å². The number of hydrogen-bond donors (Lipinski definition) is 2. The molecule has 0 amide bonds. The summed E-state index contributed by atoms with van der Waals surface area (Å²) < 4.78 is 5.53. The van der Waals surface area contributed by atoms with E-state index in [9.17, 15) is 4.79 Å². The van der Waals surface area contributed by atoms with E-state index in [-0.39, 0.29) is 10.6 Å². The second-order valence-electron chi connectivity index (χ2n) is 4.80. The highest BCUT2D eigenvalue weighted by atomic mass is 35.5. The molecule has 0 bridgehead atoms. The number of nitrogens with one attached hydrogen (secondary N) is 1. The molecule has 0 spiro atoms. The van der Waals surface area contributed by atoms with Gasteiger partial charge < -0.3 is 15.2 Å². The van der Waals surface area contributed by atoms with Gasteiger partial charge in [0.15, 0.2) is 0 Å². The van der Waals surface area contributed by atoms with Crippen molar-refractivity contribution in [1.82, 2.24) is 0 Å². The quantitative estimate of drug-likeness (QED) is 0.719. The van der Waals surface area contributed by atoms with Crippen molar-refractivity contribution in [3.63, 3.8) is 0 Å². The molecule has 0 atom stereocenters. The molecule has 5 heteroatoms. The van der Waals surface area contributed by atoms with Gasteiger partial charge in [-0.1, -0.05) is 11.6 Å². The topological polar surface area (TPSA) is 58.6 Å². The Kier molecular flexibility index (Phi) is 5.05. The predicted octanol–water partition coefficient (Wildman–Crippen LogP) is 3.27. The molecule has 1 aromatic carbocycles. The fourth-order valence-corrected chi connectivity index (χ4v) is 2.00. The van der Waals surface area contributed by atoms with Gasteiger partial charge in [-0.25, -0.2) is 4.79 Å². The van der Waals surface area contributed by atoms with Gasteiger partial charge in [-0.3, -0.25) is 0 Å². The number of aromatic carboxylic acids is 1. The number of carboxylic acid groups (broad SMARTS) is 1. The zero-order valence-corrected chi connectivity index (χ0v) is 11.4. The third-order valence-electron chi connectivity index (χ3n) is 3.04. The van der Waals surface area contributed by atoms with Crippen LogP contribution in [-0.4, -0.2) is 30.8 Å². The molecule has 0 unspecified atom stereocenters. The Bertz CT molecular complexity index is 446. The second kappa shape index (κ2) is 6.78. The number of carboxylic acids is 1. The van der Waals surface area contributed by atoms with Crippen molar-refractivity contribution in [1.29, 1.82) is 0 Å². The van der Waals surface area contributed by atoms with Gasteiger partial charge in [0.2, 0.25) is 0 Å². The molecule has 0 heterocycles. The van der Waals surface area contributed by atoms with E-state index in [4.69, 9.17) is 21.4 Å². The van der Waals surface area contributed by atoms with Crippen LogP contribution >= 0.6 is 11.6 Å². The number of ether oxygens (including phenoxy) is 1. The van der Waals surface area contributed by atoms with Crippen molar-refractivity contribution in [3.05, 3.63) is 28.8 Å². The molecule has 2 N–H and O–H groups in total. The Morgan fingerprint density at radius 1 is 1.47 bits per heavy atom. The van der Waals surface area contributed by atoms with Crippen LogP contribution < -0.4 is 5.32 Å². The first-order chi connectivity index (χ1) is 9.16. The van der Waals surface area contributed by atoms with E-state index in [0.29, 0.717) is 0 Å². The van der Waals surface area contributed by atoms with Gasteiger partial charge in [0.05, 0.1) is 10.6 Å². The zero-order chi connectivity index (χ0) is 13.7. The smallest absolute Gasteiger partial charge is 0.337 e. The summed E-state index contributed by atoms with van der Waals surface area (Å²) in [7, 11) is 0. The van der Waals surface area contributed by atoms with E-state index < -0.39 is 5.97 Å². The van der Waals surface area contributed by atoms with Crippen molar-refractivity contribution < 1.29 is 14.6 Å². The van der Waals surface area contributed by atoms with Crippen LogP contribution in [0.5, 0.6) is 0 Å². The SMILES string of the molecule is O=C(O)c1ccc(NCCCOCC2CC2)cc1Cl. The van der Waals surface area contributed by atoms with E-state index in [1.807, 2.05) is 0 Å². The number of hydrogen-bond acceptors (Lipinski definition) is 3. The van der Waals surface area contributed by atoms with Crippen LogP contribution in [0.3, 0.4) is 0 Å². The van der Waals surface area contributed by atoms with Crippen molar-refractivity contribution in [3.8, 4) is 0 Å². The summed E-state index contributed by atoms with van der Waals surface area (Å²) in [6, 6.07) is 4.87. The van der Waals surface area contributed by atoms with Gasteiger partial charge in [-0.05, 0) is 43.4 Å². The summed E-state index contributed by atoms with van der Waals surface area (Å²) in [5.41, 5.74) is 0.956. The second-order valence-corrected chi connectivity index (χ2v) is 5.21. The molecule has 0 saturated heterocycles. The molecule has 0 aliphatic heterocycles. The van der Waals surface area contributed by atoms with Gasteiger partial charge >= 0.3 is 5.97 Å². The normalized spacial score (nSPS) is 14.4. The molecule has 2 rings (SSSR count). The Hall–Kier alpha value is -1.26. The van der Waals surface area contributed by atoms with Crippen LogP contribution in [0.2, 0.25) is 5.02 Å². The fraction of sp³-hybridized carbons (Fsp3) is 0.500. The summed E-state index contributed by atoms with van der Waals surface area (Å²) >= 11 is 5.88. The number of halogens is 1. The lowest BCUT2D eigenvalue weighted by Crippen LogP contribution is -2.07. The Labute approximate surface area is 117 Å². The maximum Gasteiger partial charge on any atom is 0.337 e. The molecule has 1 aromatic rings. The highest BCUT2D eigenvalue weighted by Crippen LogP contribution is 2.28. The molecule has 4 nitrogen and oxygen atoms in total. The van der Waals surface area contributed by atoms with E-state index in [0.717, 1.165) is 37.8 Å². The van der Waals surface area contributed by atoms with Gasteiger partial charge in [-0.15, -0.1) is 0 Å². The maximum absolute atomic E-state index is 10.8. The predicted molar refractivity (Wildman–Crippen MR) is 75.1 cm³/mol. The molecule has 1 fully saturated rings. The van der Waals surface area contributed by atoms with Crippen LogP contribution in [0.1, 0.15) is 29.6 Å². The highest BCUT2D eigenvalue weighted by molar-refractivity contribution is 6.33. The first-order valence-corrected chi connectivity index (χ1v) is 6.89. The molecule has 19 heavy (non-hydrogen) atoms. The largest absolute Gasteiger partial charge is 0.478 e. The summed E-state index contributed by atoms with van der Waals surface area (Å²) in [4.78, 5) is 10.8. The number of carbonyl (C=O) groups is 1. The molecule has 1 aliphatic carbocycles. The van der Waals surface area contributed by atoms with Crippen LogP contribution in [0.25, 0.3) is 0 Å². The lowest BCUT2D eigenvalue weighted by atomic mass is 10.2. The van der Waals surface area contributed by atoms with Crippen molar-refractivity contribution >= 4 is 23.3 Å². The molecular weight excluding hydrogens is 266 g/mol. The number of anilines is 1. The average molecular weight is 284 g/mol. The summed E-state index contributed by atoms with van der Waals surface area (Å²) in [6.07, 6.45) is 3.55. The van der Waals surface area contributed by atoms with Crippen LogP contribution in [-0.2, 0) is 4.74 Å². The monoisotopic (exact) mass is 283 g/mol. The van der Waals surface area contributed by atoms with Gasteiger partial charge in [0.1, 0.15) is 0 Å². The Morgan fingerprint density at radius 3 is 2.89 bits per heavy atom. The molecule has 0 aromatic heterocycles. The standard InChI is InChI=1S/C14H18ClNO3/c15-13-8-11(4-5-12(13)14(17)18)16-6-1-7-19-9-10-2-3-10/h4-5,8,10,16H,1-3,6-7,9H2,(H,17,18). The average Bonchev–Trinajstić information content (AvgIpc) is 3.17. The first-order valence-electron chi connectivity index (χ1n) is 6.51. The summed E-state index contributed by atoms with van der Waals surface area (Å²) in [5.74, 6) is -0.208. The molecule has 104 valence electrons. The molecule has 0 radical (unpaired) electrons. The van der Waals surface area contributed by atoms with E-state index in [1.165, 1.54) is 18.9 Å². The molecule has 1 saturated carbocycles. The lowest BCUT2D eigenvalue weighted by Gasteiger charge is -2.08. The fourth-order valence-electron chi connectivity index (χ4n) is 1.74. The third kappa shape index (κ3) is 4.73. The summed E-state index contributed by atoms with van der Waals surface area (Å²) in [6.45, 7) is 2.43. The minimum absolute atomic E-state index is 0.125. The first kappa shape index (κ1) is 14.2. The van der Waals surface area contributed by atoms with Gasteiger partial charge in [0, 0.05) is 25.4 Å². The molecular formula is C14H18ClNO3. The zero-order valence-electron chi connectivity index (χ0n) is 10.7. The van der Waals surface area contributed by atoms with Crippen LogP contribution in [0, 0.1) is 5.92 Å². The highest BCUT2D eigenvalue weighted by Gasteiger charge is 2.20. The minimum atomic E-state index is -1.01.